The van der Waals surface area contributed by atoms with Gasteiger partial charge in [-0.1, -0.05) is 33.6 Å². The molecule has 0 aliphatic carbocycles. The first-order chi connectivity index (χ1) is 7.74. The van der Waals surface area contributed by atoms with Gasteiger partial charge in [0.15, 0.2) is 0 Å². The third-order valence-electron chi connectivity index (χ3n) is 3.03. The summed E-state index contributed by atoms with van der Waals surface area (Å²) in [5.41, 5.74) is 0.554. The van der Waals surface area contributed by atoms with Gasteiger partial charge in [0.1, 0.15) is 5.82 Å². The van der Waals surface area contributed by atoms with E-state index < -0.39 is 0 Å². The molecule has 0 bridgehead atoms. The van der Waals surface area contributed by atoms with Crippen LogP contribution >= 0.6 is 0 Å². The Balaban J connectivity index is 2.97. The number of hydrogen-bond acceptors (Lipinski definition) is 2. The van der Waals surface area contributed by atoms with Crippen LogP contribution in [0.1, 0.15) is 45.3 Å². The fourth-order valence-electron chi connectivity index (χ4n) is 2.09. The van der Waals surface area contributed by atoms with Crippen LogP contribution in [0.5, 0.6) is 0 Å². The van der Waals surface area contributed by atoms with Crippen LogP contribution in [0.15, 0.2) is 18.3 Å². The maximum absolute atomic E-state index is 13.7. The summed E-state index contributed by atoms with van der Waals surface area (Å²) in [5.74, 6) is 0.227. The Bertz CT molecular complexity index is 311. The maximum Gasteiger partial charge on any atom is 0.146 e. The summed E-state index contributed by atoms with van der Waals surface area (Å²) in [6.07, 6.45) is 3.72. The number of hydrogen-bond donors (Lipinski definition) is 1. The van der Waals surface area contributed by atoms with Crippen LogP contribution in [0.3, 0.4) is 0 Å². The molecule has 1 unspecified atom stereocenters. The maximum atomic E-state index is 13.7. The van der Waals surface area contributed by atoms with Crippen LogP contribution in [0.25, 0.3) is 0 Å². The van der Waals surface area contributed by atoms with E-state index in [1.165, 1.54) is 6.07 Å². The zero-order valence-electron chi connectivity index (χ0n) is 10.3. The first-order valence-electron chi connectivity index (χ1n) is 6.08. The second-order valence-electron chi connectivity index (χ2n) is 3.98. The second kappa shape index (κ2) is 6.59. The summed E-state index contributed by atoms with van der Waals surface area (Å²) >= 11 is 0. The van der Waals surface area contributed by atoms with Crippen LogP contribution in [0.4, 0.5) is 4.39 Å². The van der Waals surface area contributed by atoms with Gasteiger partial charge in [-0.15, -0.1) is 0 Å². The molecule has 1 heterocycles. The van der Waals surface area contributed by atoms with Gasteiger partial charge in [0.2, 0.25) is 0 Å². The molecular weight excluding hydrogens is 203 g/mol. The van der Waals surface area contributed by atoms with Crippen LogP contribution < -0.4 is 5.32 Å². The Kier molecular flexibility index (Phi) is 5.39. The summed E-state index contributed by atoms with van der Waals surface area (Å²) in [4.78, 5) is 4.18. The molecular formula is C13H21FN2. The van der Waals surface area contributed by atoms with E-state index in [4.69, 9.17) is 0 Å². The molecule has 1 rings (SSSR count). The highest BCUT2D eigenvalue weighted by Gasteiger charge is 2.23. The van der Waals surface area contributed by atoms with Crippen molar-refractivity contribution in [3.63, 3.8) is 0 Å². The minimum atomic E-state index is -0.208. The van der Waals surface area contributed by atoms with Crippen molar-refractivity contribution in [2.75, 3.05) is 6.54 Å². The summed E-state index contributed by atoms with van der Waals surface area (Å²) in [6, 6.07) is 3.14. The standard InChI is InChI=1S/C13H21FN2/c1-4-10(5-2)12(15-6-3)13-11(14)8-7-9-16-13/h7-10,12,15H,4-6H2,1-3H3. The van der Waals surface area contributed by atoms with Gasteiger partial charge in [0, 0.05) is 6.20 Å². The average Bonchev–Trinajstić information content (AvgIpc) is 2.30. The number of aromatic nitrogens is 1. The molecule has 16 heavy (non-hydrogen) atoms. The van der Waals surface area contributed by atoms with E-state index in [0.717, 1.165) is 19.4 Å². The molecule has 0 saturated heterocycles. The van der Waals surface area contributed by atoms with Gasteiger partial charge in [-0.2, -0.15) is 0 Å². The molecule has 0 saturated carbocycles. The monoisotopic (exact) mass is 224 g/mol. The minimum absolute atomic E-state index is 0.0289. The molecule has 0 radical (unpaired) electrons. The van der Waals surface area contributed by atoms with Crippen molar-refractivity contribution in [1.29, 1.82) is 0 Å². The van der Waals surface area contributed by atoms with Gasteiger partial charge in [0.25, 0.3) is 0 Å². The average molecular weight is 224 g/mol. The molecule has 0 amide bonds. The van der Waals surface area contributed by atoms with Crippen molar-refractivity contribution in [3.8, 4) is 0 Å². The van der Waals surface area contributed by atoms with Crippen LogP contribution in [0.2, 0.25) is 0 Å². The fraction of sp³-hybridized carbons (Fsp3) is 0.615. The molecule has 2 nitrogen and oxygen atoms in total. The predicted molar refractivity (Wildman–Crippen MR) is 64.7 cm³/mol. The van der Waals surface area contributed by atoms with Crippen molar-refractivity contribution in [1.82, 2.24) is 10.3 Å². The Hall–Kier alpha value is -0.960. The molecule has 1 aromatic rings. The van der Waals surface area contributed by atoms with E-state index in [9.17, 15) is 4.39 Å². The van der Waals surface area contributed by atoms with Gasteiger partial charge in [-0.3, -0.25) is 4.98 Å². The molecule has 0 spiro atoms. The second-order valence-corrected chi connectivity index (χ2v) is 3.98. The summed E-state index contributed by atoms with van der Waals surface area (Å²) in [7, 11) is 0. The van der Waals surface area contributed by atoms with Gasteiger partial charge in [-0.25, -0.2) is 4.39 Å². The lowest BCUT2D eigenvalue weighted by molar-refractivity contribution is 0.330. The Morgan fingerprint density at radius 3 is 2.50 bits per heavy atom. The summed E-state index contributed by atoms with van der Waals surface area (Å²) in [6.45, 7) is 7.14. The smallest absolute Gasteiger partial charge is 0.146 e. The molecule has 0 aliphatic rings. The Morgan fingerprint density at radius 1 is 1.31 bits per heavy atom. The van der Waals surface area contributed by atoms with Crippen molar-refractivity contribution >= 4 is 0 Å². The Morgan fingerprint density at radius 2 is 2.00 bits per heavy atom. The normalized spacial score (nSPS) is 13.1. The molecule has 0 aliphatic heterocycles. The third kappa shape index (κ3) is 3.01. The highest BCUT2D eigenvalue weighted by atomic mass is 19.1. The van der Waals surface area contributed by atoms with Crippen molar-refractivity contribution < 1.29 is 4.39 Å². The number of halogens is 1. The predicted octanol–water partition coefficient (Wildman–Crippen LogP) is 3.31. The SMILES string of the molecule is CCNC(c1ncccc1F)C(CC)CC. The molecule has 90 valence electrons. The lowest BCUT2D eigenvalue weighted by atomic mass is 9.91. The number of rotatable bonds is 6. The van der Waals surface area contributed by atoms with Crippen molar-refractivity contribution in [2.24, 2.45) is 5.92 Å². The minimum Gasteiger partial charge on any atom is -0.309 e. The Labute approximate surface area is 97.3 Å². The van der Waals surface area contributed by atoms with E-state index in [2.05, 4.69) is 24.1 Å². The fourth-order valence-corrected chi connectivity index (χ4v) is 2.09. The first kappa shape index (κ1) is 13.1. The van der Waals surface area contributed by atoms with E-state index in [1.807, 2.05) is 6.92 Å². The zero-order valence-corrected chi connectivity index (χ0v) is 10.3. The largest absolute Gasteiger partial charge is 0.309 e. The van der Waals surface area contributed by atoms with E-state index in [1.54, 1.807) is 12.3 Å². The van der Waals surface area contributed by atoms with E-state index >= 15 is 0 Å². The van der Waals surface area contributed by atoms with Crippen LogP contribution in [-0.4, -0.2) is 11.5 Å². The highest BCUT2D eigenvalue weighted by Crippen LogP contribution is 2.27. The summed E-state index contributed by atoms with van der Waals surface area (Å²) in [5, 5.41) is 3.34. The van der Waals surface area contributed by atoms with Crippen LogP contribution in [-0.2, 0) is 0 Å². The van der Waals surface area contributed by atoms with Gasteiger partial charge < -0.3 is 5.32 Å². The van der Waals surface area contributed by atoms with Gasteiger partial charge in [-0.05, 0) is 24.6 Å². The molecule has 1 N–H and O–H groups in total. The molecule has 1 atom stereocenters. The number of nitrogens with one attached hydrogen (secondary N) is 1. The third-order valence-corrected chi connectivity index (χ3v) is 3.03. The summed E-state index contributed by atoms with van der Waals surface area (Å²) < 4.78 is 13.7. The van der Waals surface area contributed by atoms with Gasteiger partial charge in [0.05, 0.1) is 11.7 Å². The molecule has 3 heteroatoms. The lowest BCUT2D eigenvalue weighted by Crippen LogP contribution is -2.29. The quantitative estimate of drug-likeness (QED) is 0.802. The van der Waals surface area contributed by atoms with E-state index in [0.29, 0.717) is 11.6 Å². The topological polar surface area (TPSA) is 24.9 Å². The van der Waals surface area contributed by atoms with Crippen LogP contribution in [0, 0.1) is 11.7 Å². The number of pyridine rings is 1. The highest BCUT2D eigenvalue weighted by molar-refractivity contribution is 5.12. The zero-order chi connectivity index (χ0) is 12.0. The molecule has 1 aromatic heterocycles. The number of nitrogens with zero attached hydrogens (tertiary/aromatic N) is 1. The molecule has 0 fully saturated rings. The van der Waals surface area contributed by atoms with E-state index in [-0.39, 0.29) is 11.9 Å². The van der Waals surface area contributed by atoms with Gasteiger partial charge >= 0.3 is 0 Å². The first-order valence-corrected chi connectivity index (χ1v) is 6.08. The van der Waals surface area contributed by atoms with Crippen molar-refractivity contribution in [2.45, 2.75) is 39.7 Å². The lowest BCUT2D eigenvalue weighted by Gasteiger charge is -2.25. The molecule has 0 aromatic carbocycles. The van der Waals surface area contributed by atoms with Crippen molar-refractivity contribution in [3.05, 3.63) is 29.8 Å².